The van der Waals surface area contributed by atoms with Crippen LogP contribution in [0.2, 0.25) is 0 Å². The topological polar surface area (TPSA) is 98.8 Å². The molecule has 0 radical (unpaired) electrons. The highest BCUT2D eigenvalue weighted by Crippen LogP contribution is 2.28. The van der Waals surface area contributed by atoms with E-state index in [1.165, 1.54) is 12.8 Å². The van der Waals surface area contributed by atoms with E-state index in [9.17, 15) is 5.11 Å². The fourth-order valence-electron chi connectivity index (χ4n) is 2.97. The van der Waals surface area contributed by atoms with Crippen molar-refractivity contribution in [1.82, 2.24) is 19.9 Å². The van der Waals surface area contributed by atoms with Crippen LogP contribution in [0.15, 0.2) is 6.33 Å². The Balaban J connectivity index is 1.89. The van der Waals surface area contributed by atoms with Crippen LogP contribution >= 0.6 is 0 Å². The summed E-state index contributed by atoms with van der Waals surface area (Å²) in [4.78, 5) is 16.2. The first-order valence-corrected chi connectivity index (χ1v) is 7.64. The van der Waals surface area contributed by atoms with E-state index in [-0.39, 0.29) is 18.6 Å². The molecule has 1 saturated carbocycles. The molecule has 2 aromatic heterocycles. The van der Waals surface area contributed by atoms with Gasteiger partial charge in [-0.15, -0.1) is 0 Å². The van der Waals surface area contributed by atoms with Crippen molar-refractivity contribution in [2.24, 2.45) is 5.92 Å². The molecule has 2 atom stereocenters. The van der Waals surface area contributed by atoms with Gasteiger partial charge in [-0.2, -0.15) is 9.97 Å². The first-order valence-electron chi connectivity index (χ1n) is 7.64. The molecule has 1 aliphatic carbocycles. The second-order valence-corrected chi connectivity index (χ2v) is 5.51. The SMILES string of the molecule is CCNc1nc(NC2CCCCC2CO)c2[nH]cnc2n1. The number of H-pyrrole nitrogens is 1. The van der Waals surface area contributed by atoms with E-state index in [1.54, 1.807) is 6.33 Å². The molecule has 114 valence electrons. The summed E-state index contributed by atoms with van der Waals surface area (Å²) < 4.78 is 0. The Labute approximate surface area is 123 Å². The number of nitrogens with zero attached hydrogens (tertiary/aromatic N) is 3. The van der Waals surface area contributed by atoms with E-state index in [1.807, 2.05) is 6.92 Å². The molecule has 0 aromatic carbocycles. The molecule has 4 N–H and O–H groups in total. The van der Waals surface area contributed by atoms with Crippen molar-refractivity contribution >= 4 is 22.9 Å². The van der Waals surface area contributed by atoms with E-state index in [0.717, 1.165) is 30.7 Å². The summed E-state index contributed by atoms with van der Waals surface area (Å²) in [7, 11) is 0. The predicted octanol–water partition coefficient (Wildman–Crippen LogP) is 1.75. The Morgan fingerprint density at radius 2 is 2.19 bits per heavy atom. The van der Waals surface area contributed by atoms with Crippen molar-refractivity contribution in [3.05, 3.63) is 6.33 Å². The van der Waals surface area contributed by atoms with Gasteiger partial charge in [0.15, 0.2) is 11.5 Å². The zero-order valence-corrected chi connectivity index (χ0v) is 12.3. The highest BCUT2D eigenvalue weighted by molar-refractivity contribution is 5.83. The van der Waals surface area contributed by atoms with Crippen molar-refractivity contribution in [3.63, 3.8) is 0 Å². The largest absolute Gasteiger partial charge is 0.396 e. The molecule has 3 rings (SSSR count). The molecule has 0 saturated heterocycles. The maximum absolute atomic E-state index is 9.55. The minimum atomic E-state index is 0.217. The van der Waals surface area contributed by atoms with E-state index in [4.69, 9.17) is 0 Å². The molecule has 0 bridgehead atoms. The fourth-order valence-corrected chi connectivity index (χ4v) is 2.97. The van der Waals surface area contributed by atoms with Crippen molar-refractivity contribution in [2.45, 2.75) is 38.6 Å². The summed E-state index contributed by atoms with van der Waals surface area (Å²) in [6.07, 6.45) is 6.12. The normalized spacial score (nSPS) is 22.4. The third-order valence-electron chi connectivity index (χ3n) is 4.09. The molecule has 7 nitrogen and oxygen atoms in total. The van der Waals surface area contributed by atoms with Gasteiger partial charge in [-0.05, 0) is 19.8 Å². The average molecular weight is 290 g/mol. The molecule has 2 unspecified atom stereocenters. The molecule has 7 heteroatoms. The van der Waals surface area contributed by atoms with Crippen molar-refractivity contribution < 1.29 is 5.11 Å². The number of aromatic nitrogens is 4. The van der Waals surface area contributed by atoms with Crippen LogP contribution in [0.25, 0.3) is 11.2 Å². The third-order valence-corrected chi connectivity index (χ3v) is 4.09. The fraction of sp³-hybridized carbons (Fsp3) is 0.643. The van der Waals surface area contributed by atoms with E-state index in [0.29, 0.717) is 11.6 Å². The monoisotopic (exact) mass is 290 g/mol. The molecule has 0 aliphatic heterocycles. The van der Waals surface area contributed by atoms with Crippen LogP contribution in [0, 0.1) is 5.92 Å². The maximum Gasteiger partial charge on any atom is 0.226 e. The first-order chi connectivity index (χ1) is 10.3. The number of hydrogen-bond donors (Lipinski definition) is 4. The highest BCUT2D eigenvalue weighted by atomic mass is 16.3. The Bertz CT molecular complexity index is 598. The number of rotatable bonds is 5. The maximum atomic E-state index is 9.55. The minimum Gasteiger partial charge on any atom is -0.396 e. The van der Waals surface area contributed by atoms with Gasteiger partial charge >= 0.3 is 0 Å². The molecule has 1 fully saturated rings. The summed E-state index contributed by atoms with van der Waals surface area (Å²) in [6, 6.07) is 0.250. The Morgan fingerprint density at radius 1 is 1.33 bits per heavy atom. The summed E-state index contributed by atoms with van der Waals surface area (Å²) in [5.41, 5.74) is 1.47. The Morgan fingerprint density at radius 3 is 3.00 bits per heavy atom. The van der Waals surface area contributed by atoms with Crippen molar-refractivity contribution in [1.29, 1.82) is 0 Å². The van der Waals surface area contributed by atoms with Gasteiger partial charge in [-0.25, -0.2) is 4.98 Å². The second-order valence-electron chi connectivity index (χ2n) is 5.51. The molecule has 2 aromatic rings. The van der Waals surface area contributed by atoms with Crippen LogP contribution in [0.3, 0.4) is 0 Å². The Hall–Kier alpha value is -1.89. The lowest BCUT2D eigenvalue weighted by atomic mass is 9.85. The lowest BCUT2D eigenvalue weighted by Gasteiger charge is -2.31. The summed E-state index contributed by atoms with van der Waals surface area (Å²) >= 11 is 0. The Kier molecular flexibility index (Phi) is 4.19. The van der Waals surface area contributed by atoms with Crippen molar-refractivity contribution in [3.8, 4) is 0 Å². The van der Waals surface area contributed by atoms with E-state index >= 15 is 0 Å². The number of fused-ring (bicyclic) bond motifs is 1. The van der Waals surface area contributed by atoms with Gasteiger partial charge < -0.3 is 20.7 Å². The zero-order valence-electron chi connectivity index (χ0n) is 12.3. The highest BCUT2D eigenvalue weighted by Gasteiger charge is 2.25. The van der Waals surface area contributed by atoms with Gasteiger partial charge in [0.05, 0.1) is 6.33 Å². The number of anilines is 2. The van der Waals surface area contributed by atoms with Gasteiger partial charge in [0.1, 0.15) is 5.52 Å². The molecule has 0 amide bonds. The van der Waals surface area contributed by atoms with Gasteiger partial charge in [-0.3, -0.25) is 0 Å². The van der Waals surface area contributed by atoms with Crippen molar-refractivity contribution in [2.75, 3.05) is 23.8 Å². The summed E-state index contributed by atoms with van der Waals surface area (Å²) in [6.45, 7) is 2.99. The smallest absolute Gasteiger partial charge is 0.226 e. The lowest BCUT2D eigenvalue weighted by molar-refractivity contribution is 0.178. The quantitative estimate of drug-likeness (QED) is 0.669. The van der Waals surface area contributed by atoms with E-state index < -0.39 is 0 Å². The van der Waals surface area contributed by atoms with Crippen LogP contribution in [-0.2, 0) is 0 Å². The summed E-state index contributed by atoms with van der Waals surface area (Å²) in [5.74, 6) is 1.63. The minimum absolute atomic E-state index is 0.217. The van der Waals surface area contributed by atoms with Crippen LogP contribution in [0.1, 0.15) is 32.6 Å². The predicted molar refractivity (Wildman–Crippen MR) is 82.3 cm³/mol. The number of aliphatic hydroxyl groups is 1. The molecule has 21 heavy (non-hydrogen) atoms. The molecule has 2 heterocycles. The standard InChI is InChI=1S/C14H22N6O/c1-2-15-14-19-12-11(16-8-17-12)13(20-14)18-10-6-4-3-5-9(10)7-21/h8-10,21H,2-7H2,1H3,(H3,15,16,17,18,19,20). The van der Waals surface area contributed by atoms with Gasteiger partial charge in [0, 0.05) is 25.1 Å². The van der Waals surface area contributed by atoms with Gasteiger partial charge in [-0.1, -0.05) is 12.8 Å². The number of aliphatic hydroxyl groups excluding tert-OH is 1. The number of aromatic amines is 1. The van der Waals surface area contributed by atoms with Crippen LogP contribution < -0.4 is 10.6 Å². The number of hydrogen-bond acceptors (Lipinski definition) is 6. The van der Waals surface area contributed by atoms with Crippen LogP contribution in [0.5, 0.6) is 0 Å². The second kappa shape index (κ2) is 6.26. The number of imidazole rings is 1. The van der Waals surface area contributed by atoms with Crippen LogP contribution in [-0.4, -0.2) is 44.2 Å². The lowest BCUT2D eigenvalue weighted by Crippen LogP contribution is -2.34. The average Bonchev–Trinajstić information content (AvgIpc) is 2.97. The molecular weight excluding hydrogens is 268 g/mol. The van der Waals surface area contributed by atoms with Crippen LogP contribution in [0.4, 0.5) is 11.8 Å². The third kappa shape index (κ3) is 2.92. The zero-order chi connectivity index (χ0) is 14.7. The van der Waals surface area contributed by atoms with E-state index in [2.05, 4.69) is 30.6 Å². The number of nitrogens with one attached hydrogen (secondary N) is 3. The molecule has 1 aliphatic rings. The first kappa shape index (κ1) is 14.1. The molecular formula is C14H22N6O. The van der Waals surface area contributed by atoms with Gasteiger partial charge in [0.25, 0.3) is 0 Å². The van der Waals surface area contributed by atoms with Gasteiger partial charge in [0.2, 0.25) is 5.95 Å². The summed E-state index contributed by atoms with van der Waals surface area (Å²) in [5, 5.41) is 16.2. The molecule has 0 spiro atoms.